The van der Waals surface area contributed by atoms with Gasteiger partial charge in [0.25, 0.3) is 5.56 Å². The number of rotatable bonds is 7. The smallest absolute Gasteiger partial charge is 0.287 e. The fourth-order valence-corrected chi connectivity index (χ4v) is 3.06. The molecular weight excluding hydrogens is 334 g/mol. The number of aryl methyl sites for hydroxylation is 1. The van der Waals surface area contributed by atoms with Crippen molar-refractivity contribution < 1.29 is 4.74 Å². The molecule has 1 atom stereocenters. The normalized spacial score (nSPS) is 12.2. The average molecular weight is 354 g/mol. The van der Waals surface area contributed by atoms with Crippen molar-refractivity contribution >= 4 is 29.1 Å². The maximum Gasteiger partial charge on any atom is 0.287 e. The third-order valence-electron chi connectivity index (χ3n) is 3.39. The van der Waals surface area contributed by atoms with Crippen molar-refractivity contribution in [1.82, 2.24) is 9.78 Å². The van der Waals surface area contributed by atoms with Crippen LogP contribution in [0.4, 0.5) is 5.69 Å². The second kappa shape index (κ2) is 8.38. The van der Waals surface area contributed by atoms with Gasteiger partial charge >= 0.3 is 0 Å². The van der Waals surface area contributed by atoms with E-state index in [0.29, 0.717) is 5.69 Å². The lowest BCUT2D eigenvalue weighted by Gasteiger charge is -2.17. The SMILES string of the molecule is COCCSc1ccc(C(C)Nc2cnn(C)c(=O)c2Cl)cc1. The van der Waals surface area contributed by atoms with Gasteiger partial charge in [0.2, 0.25) is 0 Å². The molecule has 0 bridgehead atoms. The maximum atomic E-state index is 11.8. The predicted octanol–water partition coefficient (Wildman–Crippen LogP) is 3.35. The van der Waals surface area contributed by atoms with Crippen molar-refractivity contribution in [3.05, 3.63) is 51.4 Å². The molecule has 0 aliphatic rings. The first-order valence-electron chi connectivity index (χ1n) is 7.23. The average Bonchev–Trinajstić information content (AvgIpc) is 2.56. The molecule has 2 aromatic rings. The number of aromatic nitrogens is 2. The van der Waals surface area contributed by atoms with Gasteiger partial charge in [-0.1, -0.05) is 23.7 Å². The summed E-state index contributed by atoms with van der Waals surface area (Å²) in [6.07, 6.45) is 1.56. The van der Waals surface area contributed by atoms with E-state index in [1.165, 1.54) is 9.58 Å². The Kier molecular flexibility index (Phi) is 6.50. The zero-order chi connectivity index (χ0) is 16.8. The molecule has 0 saturated heterocycles. The maximum absolute atomic E-state index is 11.8. The Morgan fingerprint density at radius 1 is 1.39 bits per heavy atom. The summed E-state index contributed by atoms with van der Waals surface area (Å²) < 4.78 is 6.26. The highest BCUT2D eigenvalue weighted by Crippen LogP contribution is 2.25. The molecule has 0 spiro atoms. The van der Waals surface area contributed by atoms with Crippen molar-refractivity contribution in [2.24, 2.45) is 7.05 Å². The molecule has 0 aliphatic carbocycles. The summed E-state index contributed by atoms with van der Waals surface area (Å²) in [6, 6.07) is 8.30. The molecule has 1 unspecified atom stereocenters. The van der Waals surface area contributed by atoms with Gasteiger partial charge in [-0.25, -0.2) is 4.68 Å². The Morgan fingerprint density at radius 3 is 2.74 bits per heavy atom. The molecule has 0 radical (unpaired) electrons. The van der Waals surface area contributed by atoms with Crippen LogP contribution in [0.3, 0.4) is 0 Å². The van der Waals surface area contributed by atoms with Crippen LogP contribution in [0.1, 0.15) is 18.5 Å². The van der Waals surface area contributed by atoms with Crippen molar-refractivity contribution in [2.75, 3.05) is 24.8 Å². The fraction of sp³-hybridized carbons (Fsp3) is 0.375. The molecule has 0 aliphatic heterocycles. The lowest BCUT2D eigenvalue weighted by Crippen LogP contribution is -2.21. The molecule has 23 heavy (non-hydrogen) atoms. The van der Waals surface area contributed by atoms with Crippen LogP contribution in [0.15, 0.2) is 40.2 Å². The number of benzene rings is 1. The summed E-state index contributed by atoms with van der Waals surface area (Å²) in [4.78, 5) is 13.0. The fourth-order valence-electron chi connectivity index (χ4n) is 2.02. The Hall–Kier alpha value is -1.50. The summed E-state index contributed by atoms with van der Waals surface area (Å²) in [5.74, 6) is 0.929. The molecule has 5 nitrogen and oxygen atoms in total. The number of hydrogen-bond acceptors (Lipinski definition) is 5. The molecule has 0 amide bonds. The zero-order valence-electron chi connectivity index (χ0n) is 13.4. The molecule has 1 aromatic carbocycles. The van der Waals surface area contributed by atoms with Crippen molar-refractivity contribution in [1.29, 1.82) is 0 Å². The highest BCUT2D eigenvalue weighted by Gasteiger charge is 2.11. The summed E-state index contributed by atoms with van der Waals surface area (Å²) in [5.41, 5.74) is 1.34. The van der Waals surface area contributed by atoms with Crippen molar-refractivity contribution in [2.45, 2.75) is 17.9 Å². The summed E-state index contributed by atoms with van der Waals surface area (Å²) in [5, 5.41) is 7.37. The van der Waals surface area contributed by atoms with Gasteiger partial charge in [0.1, 0.15) is 5.02 Å². The number of ether oxygens (including phenoxy) is 1. The third kappa shape index (κ3) is 4.73. The minimum absolute atomic E-state index is 0.0134. The zero-order valence-corrected chi connectivity index (χ0v) is 14.9. The predicted molar refractivity (Wildman–Crippen MR) is 95.6 cm³/mol. The Balaban J connectivity index is 2.05. The van der Waals surface area contributed by atoms with E-state index < -0.39 is 0 Å². The van der Waals surface area contributed by atoms with E-state index in [-0.39, 0.29) is 16.6 Å². The first-order valence-corrected chi connectivity index (χ1v) is 8.59. The number of hydrogen-bond donors (Lipinski definition) is 1. The Labute approximate surface area is 145 Å². The molecular formula is C16H20ClN3O2S. The van der Waals surface area contributed by atoms with Crippen LogP contribution >= 0.6 is 23.4 Å². The molecule has 124 valence electrons. The first-order chi connectivity index (χ1) is 11.0. The number of anilines is 1. The van der Waals surface area contributed by atoms with Crippen LogP contribution < -0.4 is 10.9 Å². The van der Waals surface area contributed by atoms with E-state index in [1.54, 1.807) is 32.1 Å². The van der Waals surface area contributed by atoms with Crippen LogP contribution in [0.5, 0.6) is 0 Å². The van der Waals surface area contributed by atoms with Gasteiger partial charge in [0.05, 0.1) is 18.5 Å². The van der Waals surface area contributed by atoms with Crippen LogP contribution in [0.25, 0.3) is 0 Å². The molecule has 0 fully saturated rings. The first kappa shape index (κ1) is 17.8. The topological polar surface area (TPSA) is 56.1 Å². The number of nitrogens with one attached hydrogen (secondary N) is 1. The second-order valence-corrected chi connectivity index (χ2v) is 6.62. The third-order valence-corrected chi connectivity index (χ3v) is 4.73. The molecule has 1 N–H and O–H groups in total. The van der Waals surface area contributed by atoms with Gasteiger partial charge in [-0.05, 0) is 24.6 Å². The van der Waals surface area contributed by atoms with Gasteiger partial charge in [-0.3, -0.25) is 4.79 Å². The van der Waals surface area contributed by atoms with E-state index in [0.717, 1.165) is 17.9 Å². The van der Waals surface area contributed by atoms with Crippen LogP contribution in [0, 0.1) is 0 Å². The summed E-state index contributed by atoms with van der Waals surface area (Å²) in [6.45, 7) is 2.75. The van der Waals surface area contributed by atoms with Gasteiger partial charge in [0.15, 0.2) is 0 Å². The van der Waals surface area contributed by atoms with Gasteiger partial charge in [0, 0.05) is 30.8 Å². The van der Waals surface area contributed by atoms with E-state index in [9.17, 15) is 4.79 Å². The minimum atomic E-state index is -0.311. The quantitative estimate of drug-likeness (QED) is 0.611. The van der Waals surface area contributed by atoms with Gasteiger partial charge in [-0.2, -0.15) is 5.10 Å². The molecule has 1 heterocycles. The van der Waals surface area contributed by atoms with Crippen LogP contribution in [-0.4, -0.2) is 29.3 Å². The lowest BCUT2D eigenvalue weighted by molar-refractivity contribution is 0.218. The van der Waals surface area contributed by atoms with E-state index in [2.05, 4.69) is 34.7 Å². The Bertz CT molecular complexity index is 703. The highest BCUT2D eigenvalue weighted by molar-refractivity contribution is 7.99. The van der Waals surface area contributed by atoms with E-state index in [4.69, 9.17) is 16.3 Å². The number of methoxy groups -OCH3 is 1. The number of thioether (sulfide) groups is 1. The summed E-state index contributed by atoms with van der Waals surface area (Å²) >= 11 is 7.83. The van der Waals surface area contributed by atoms with Crippen LogP contribution in [-0.2, 0) is 11.8 Å². The van der Waals surface area contributed by atoms with Crippen molar-refractivity contribution in [3.8, 4) is 0 Å². The van der Waals surface area contributed by atoms with Gasteiger partial charge < -0.3 is 10.1 Å². The van der Waals surface area contributed by atoms with Crippen molar-refractivity contribution in [3.63, 3.8) is 0 Å². The highest BCUT2D eigenvalue weighted by atomic mass is 35.5. The minimum Gasteiger partial charge on any atom is -0.384 e. The second-order valence-electron chi connectivity index (χ2n) is 5.08. The van der Waals surface area contributed by atoms with Crippen LogP contribution in [0.2, 0.25) is 5.02 Å². The number of halogens is 1. The lowest BCUT2D eigenvalue weighted by atomic mass is 10.1. The largest absolute Gasteiger partial charge is 0.384 e. The number of nitrogens with zero attached hydrogens (tertiary/aromatic N) is 2. The molecule has 2 rings (SSSR count). The molecule has 0 saturated carbocycles. The van der Waals surface area contributed by atoms with E-state index >= 15 is 0 Å². The monoisotopic (exact) mass is 353 g/mol. The van der Waals surface area contributed by atoms with E-state index in [1.807, 2.05) is 6.92 Å². The molecule has 1 aromatic heterocycles. The Morgan fingerprint density at radius 2 is 2.09 bits per heavy atom. The molecule has 7 heteroatoms. The standard InChI is InChI=1S/C16H20ClN3O2S/c1-11(19-14-10-18-20(2)16(21)15(14)17)12-4-6-13(7-5-12)23-9-8-22-3/h4-7,10-11,19H,8-9H2,1-3H3. The summed E-state index contributed by atoms with van der Waals surface area (Å²) in [7, 11) is 3.27. The van der Waals surface area contributed by atoms with Gasteiger partial charge in [-0.15, -0.1) is 11.8 Å².